The summed E-state index contributed by atoms with van der Waals surface area (Å²) in [6, 6.07) is 7.07. The van der Waals surface area contributed by atoms with E-state index in [0.29, 0.717) is 0 Å². The number of nitrogens with one attached hydrogen (secondary N) is 1. The van der Waals surface area contributed by atoms with Crippen molar-refractivity contribution in [3.63, 3.8) is 0 Å². The molecule has 0 spiro atoms. The van der Waals surface area contributed by atoms with Crippen LogP contribution < -0.4 is 5.32 Å². The molecule has 1 aliphatic rings. The molecule has 0 radical (unpaired) electrons. The normalized spacial score (nSPS) is 19.9. The van der Waals surface area contributed by atoms with Gasteiger partial charge < -0.3 is 10.4 Å². The van der Waals surface area contributed by atoms with Crippen molar-refractivity contribution in [3.05, 3.63) is 35.6 Å². The summed E-state index contributed by atoms with van der Waals surface area (Å²) in [7, 11) is 0. The molecule has 0 aliphatic heterocycles. The fourth-order valence-corrected chi connectivity index (χ4v) is 2.87. The number of benzene rings is 1. The molecule has 1 aromatic rings. The van der Waals surface area contributed by atoms with E-state index in [1.807, 2.05) is 13.0 Å². The first-order valence-corrected chi connectivity index (χ1v) is 6.77. The molecule has 0 bridgehead atoms. The minimum Gasteiger partial charge on any atom is -0.395 e. The van der Waals surface area contributed by atoms with E-state index in [2.05, 4.69) is 5.32 Å². The summed E-state index contributed by atoms with van der Waals surface area (Å²) >= 11 is 0. The van der Waals surface area contributed by atoms with Crippen molar-refractivity contribution in [2.75, 3.05) is 13.2 Å². The van der Waals surface area contributed by atoms with Gasteiger partial charge in [-0.15, -0.1) is 0 Å². The third kappa shape index (κ3) is 2.90. The Labute approximate surface area is 108 Å². The van der Waals surface area contributed by atoms with Crippen LogP contribution in [0.25, 0.3) is 0 Å². The van der Waals surface area contributed by atoms with Crippen LogP contribution >= 0.6 is 0 Å². The smallest absolute Gasteiger partial charge is 0.123 e. The van der Waals surface area contributed by atoms with Gasteiger partial charge in [0.05, 0.1) is 6.61 Å². The van der Waals surface area contributed by atoms with E-state index in [9.17, 15) is 4.39 Å². The van der Waals surface area contributed by atoms with Gasteiger partial charge in [-0.05, 0) is 37.5 Å². The van der Waals surface area contributed by atoms with Crippen molar-refractivity contribution in [1.82, 2.24) is 5.32 Å². The summed E-state index contributed by atoms with van der Waals surface area (Å²) in [4.78, 5) is 0. The molecule has 0 unspecified atom stereocenters. The van der Waals surface area contributed by atoms with Crippen molar-refractivity contribution < 1.29 is 9.50 Å². The topological polar surface area (TPSA) is 32.3 Å². The highest BCUT2D eigenvalue weighted by Crippen LogP contribution is 2.40. The third-order valence-corrected chi connectivity index (χ3v) is 4.06. The third-order valence-electron chi connectivity index (χ3n) is 4.06. The van der Waals surface area contributed by atoms with Crippen LogP contribution in [0.4, 0.5) is 4.39 Å². The Balaban J connectivity index is 2.16. The Morgan fingerprint density at radius 2 is 2.11 bits per heavy atom. The van der Waals surface area contributed by atoms with Gasteiger partial charge in [-0.2, -0.15) is 0 Å². The number of hydrogen-bond acceptors (Lipinski definition) is 2. The first-order valence-electron chi connectivity index (χ1n) is 6.77. The van der Waals surface area contributed by atoms with Gasteiger partial charge in [-0.1, -0.05) is 25.0 Å². The van der Waals surface area contributed by atoms with Crippen molar-refractivity contribution in [1.29, 1.82) is 0 Å². The second kappa shape index (κ2) is 5.81. The van der Waals surface area contributed by atoms with Crippen molar-refractivity contribution in [3.8, 4) is 0 Å². The number of halogens is 1. The van der Waals surface area contributed by atoms with Gasteiger partial charge >= 0.3 is 0 Å². The monoisotopic (exact) mass is 251 g/mol. The summed E-state index contributed by atoms with van der Waals surface area (Å²) < 4.78 is 13.4. The lowest BCUT2D eigenvalue weighted by Crippen LogP contribution is -2.41. The number of hydrogen-bond donors (Lipinski definition) is 2. The molecule has 1 aromatic carbocycles. The second-order valence-electron chi connectivity index (χ2n) is 5.46. The molecule has 1 atom stereocenters. The van der Waals surface area contributed by atoms with E-state index in [1.54, 1.807) is 12.1 Å². The van der Waals surface area contributed by atoms with Crippen molar-refractivity contribution in [2.45, 2.75) is 44.1 Å². The molecular formula is C15H22FNO. The standard InChI is InChI=1S/C15H22FNO/c1-12(10-18)17-11-15(7-2-3-8-15)13-5-4-6-14(16)9-13/h4-6,9,12,17-18H,2-3,7-8,10-11H2,1H3/t12-/m1/s1. The highest BCUT2D eigenvalue weighted by molar-refractivity contribution is 5.28. The van der Waals surface area contributed by atoms with Crippen LogP contribution in [-0.4, -0.2) is 24.3 Å². The van der Waals surface area contributed by atoms with E-state index < -0.39 is 0 Å². The first kappa shape index (κ1) is 13.5. The van der Waals surface area contributed by atoms with E-state index in [0.717, 1.165) is 24.9 Å². The maximum absolute atomic E-state index is 13.4. The quantitative estimate of drug-likeness (QED) is 0.843. The summed E-state index contributed by atoms with van der Waals surface area (Å²) in [6.45, 7) is 2.92. The molecule has 100 valence electrons. The number of aliphatic hydroxyl groups is 1. The fraction of sp³-hybridized carbons (Fsp3) is 0.600. The molecule has 1 fully saturated rings. The molecule has 0 saturated heterocycles. The minimum atomic E-state index is -0.158. The van der Waals surface area contributed by atoms with Crippen LogP contribution in [0.5, 0.6) is 0 Å². The molecule has 1 saturated carbocycles. The summed E-state index contributed by atoms with van der Waals surface area (Å²) in [5, 5.41) is 12.4. The molecule has 0 amide bonds. The Hall–Kier alpha value is -0.930. The summed E-state index contributed by atoms with van der Waals surface area (Å²) in [6.07, 6.45) is 4.60. The predicted octanol–water partition coefficient (Wildman–Crippen LogP) is 2.61. The van der Waals surface area contributed by atoms with Gasteiger partial charge in [0.2, 0.25) is 0 Å². The number of rotatable bonds is 5. The lowest BCUT2D eigenvalue weighted by molar-refractivity contribution is 0.241. The Morgan fingerprint density at radius 1 is 1.39 bits per heavy atom. The molecule has 1 aliphatic carbocycles. The van der Waals surface area contributed by atoms with E-state index in [1.165, 1.54) is 18.9 Å². The lowest BCUT2D eigenvalue weighted by atomic mass is 9.78. The van der Waals surface area contributed by atoms with Gasteiger partial charge in [0.15, 0.2) is 0 Å². The average molecular weight is 251 g/mol. The van der Waals surface area contributed by atoms with Gasteiger partial charge in [0.25, 0.3) is 0 Å². The SMILES string of the molecule is C[C@H](CO)NCC1(c2cccc(F)c2)CCCC1. The second-order valence-corrected chi connectivity index (χ2v) is 5.46. The maximum Gasteiger partial charge on any atom is 0.123 e. The summed E-state index contributed by atoms with van der Waals surface area (Å²) in [5.74, 6) is -0.158. The van der Waals surface area contributed by atoms with Crippen LogP contribution in [-0.2, 0) is 5.41 Å². The van der Waals surface area contributed by atoms with E-state index in [4.69, 9.17) is 5.11 Å². The zero-order valence-corrected chi connectivity index (χ0v) is 11.0. The molecule has 2 rings (SSSR count). The van der Waals surface area contributed by atoms with Crippen LogP contribution in [0.1, 0.15) is 38.2 Å². The predicted molar refractivity (Wildman–Crippen MR) is 71.1 cm³/mol. The molecule has 18 heavy (non-hydrogen) atoms. The van der Waals surface area contributed by atoms with E-state index in [-0.39, 0.29) is 23.9 Å². The molecule has 2 N–H and O–H groups in total. The Kier molecular flexibility index (Phi) is 4.36. The maximum atomic E-state index is 13.4. The van der Waals surface area contributed by atoms with E-state index >= 15 is 0 Å². The molecule has 0 heterocycles. The van der Waals surface area contributed by atoms with Crippen LogP contribution in [0.3, 0.4) is 0 Å². The zero-order chi connectivity index (χ0) is 13.0. The van der Waals surface area contributed by atoms with Gasteiger partial charge in [0, 0.05) is 18.0 Å². The highest BCUT2D eigenvalue weighted by atomic mass is 19.1. The molecule has 2 nitrogen and oxygen atoms in total. The minimum absolute atomic E-state index is 0.0472. The molecule has 0 aromatic heterocycles. The van der Waals surface area contributed by atoms with Gasteiger partial charge in [-0.25, -0.2) is 4.39 Å². The van der Waals surface area contributed by atoms with Crippen LogP contribution in [0, 0.1) is 5.82 Å². The van der Waals surface area contributed by atoms with Crippen molar-refractivity contribution >= 4 is 0 Å². The number of aliphatic hydroxyl groups excluding tert-OH is 1. The van der Waals surface area contributed by atoms with Gasteiger partial charge in [0.1, 0.15) is 5.82 Å². The fourth-order valence-electron chi connectivity index (χ4n) is 2.87. The zero-order valence-electron chi connectivity index (χ0n) is 11.0. The summed E-state index contributed by atoms with van der Waals surface area (Å²) in [5.41, 5.74) is 1.14. The Morgan fingerprint density at radius 3 is 2.72 bits per heavy atom. The lowest BCUT2D eigenvalue weighted by Gasteiger charge is -2.31. The van der Waals surface area contributed by atoms with Crippen LogP contribution in [0.2, 0.25) is 0 Å². The first-order chi connectivity index (χ1) is 8.66. The largest absolute Gasteiger partial charge is 0.395 e. The van der Waals surface area contributed by atoms with Crippen molar-refractivity contribution in [2.24, 2.45) is 0 Å². The molecule has 3 heteroatoms. The Bertz CT molecular complexity index is 388. The highest BCUT2D eigenvalue weighted by Gasteiger charge is 2.35. The molecular weight excluding hydrogens is 229 g/mol. The van der Waals surface area contributed by atoms with Gasteiger partial charge in [-0.3, -0.25) is 0 Å². The average Bonchev–Trinajstić information content (AvgIpc) is 2.86. The van der Waals surface area contributed by atoms with Crippen LogP contribution in [0.15, 0.2) is 24.3 Å².